The van der Waals surface area contributed by atoms with E-state index in [9.17, 15) is 5.26 Å². The number of aromatic nitrogens is 5. The molecule has 0 spiro atoms. The van der Waals surface area contributed by atoms with Crippen molar-refractivity contribution in [1.82, 2.24) is 24.9 Å². The second-order valence-electron chi connectivity index (χ2n) is 13.6. The Labute approximate surface area is 323 Å². The monoisotopic (exact) mass is 714 g/mol. The lowest BCUT2D eigenvalue weighted by atomic mass is 9.90. The Kier molecular flexibility index (Phi) is 8.09. The molecule has 0 atom stereocenters. The first-order valence-corrected chi connectivity index (χ1v) is 18.4. The fourth-order valence-electron chi connectivity index (χ4n) is 7.51. The third-order valence-electron chi connectivity index (χ3n) is 10.2. The number of nitriles is 1. The van der Waals surface area contributed by atoms with E-state index in [2.05, 4.69) is 84.9 Å². The second kappa shape index (κ2) is 13.8. The van der Waals surface area contributed by atoms with Gasteiger partial charge >= 0.3 is 0 Å². The molecule has 0 saturated heterocycles. The van der Waals surface area contributed by atoms with Gasteiger partial charge in [-0.15, -0.1) is 0 Å². The molecule has 0 aliphatic rings. The zero-order valence-electron chi connectivity index (χ0n) is 30.0. The molecule has 3 heterocycles. The first-order valence-electron chi connectivity index (χ1n) is 18.4. The first kappa shape index (κ1) is 32.7. The molecule has 0 saturated carbocycles. The van der Waals surface area contributed by atoms with Crippen LogP contribution in [0.2, 0.25) is 0 Å². The summed E-state index contributed by atoms with van der Waals surface area (Å²) in [5.41, 5.74) is 11.3. The van der Waals surface area contributed by atoms with E-state index in [-0.39, 0.29) is 0 Å². The molecule has 260 valence electrons. The van der Waals surface area contributed by atoms with E-state index >= 15 is 0 Å². The summed E-state index contributed by atoms with van der Waals surface area (Å²) in [5, 5.41) is 13.7. The molecule has 10 rings (SSSR count). The molecular weight excluding hydrogens is 685 g/mol. The van der Waals surface area contributed by atoms with Gasteiger partial charge in [0.25, 0.3) is 0 Å². The highest BCUT2D eigenvalue weighted by atomic mass is 15.0. The maximum absolute atomic E-state index is 9.42. The van der Waals surface area contributed by atoms with Crippen LogP contribution in [0, 0.1) is 11.3 Å². The number of fused-ring (bicyclic) bond motifs is 5. The third kappa shape index (κ3) is 5.90. The molecule has 0 fully saturated rings. The highest BCUT2D eigenvalue weighted by Gasteiger charge is 2.18. The van der Waals surface area contributed by atoms with Crippen molar-refractivity contribution < 1.29 is 0 Å². The molecule has 0 aliphatic heterocycles. The van der Waals surface area contributed by atoms with Crippen LogP contribution in [0.1, 0.15) is 5.56 Å². The van der Waals surface area contributed by atoms with E-state index in [1.807, 2.05) is 103 Å². The first-order chi connectivity index (χ1) is 27.7. The van der Waals surface area contributed by atoms with Crippen LogP contribution in [-0.2, 0) is 0 Å². The summed E-state index contributed by atoms with van der Waals surface area (Å²) in [6, 6.07) is 59.7. The second-order valence-corrected chi connectivity index (χ2v) is 13.6. The fourth-order valence-corrected chi connectivity index (χ4v) is 7.51. The SMILES string of the molecule is N#Cc1ccc(-c2cc3c4cccnc4c(-c4cccc(-c5nc(-c6ccccc6)nc(-c6cccc(-c7ccccc7)c6)n5)c4)cc3c3cccnc23)cc1. The standard InChI is InChI=1S/C50H30N6/c51-31-32-21-23-34(24-22-32)42-29-44-41-20-10-26-53-47(41)43(30-45(44)40-19-9-25-52-46(40)42)37-16-8-18-39(28-37)50-55-48(35-13-5-2-6-14-35)54-49(56-50)38-17-7-15-36(27-38)33-11-3-1-4-12-33/h1-30H. The molecular formula is C50H30N6. The Bertz CT molecular complexity index is 3140. The number of nitrogens with zero attached hydrogens (tertiary/aromatic N) is 6. The average molecular weight is 715 g/mol. The van der Waals surface area contributed by atoms with Gasteiger partial charge < -0.3 is 0 Å². The van der Waals surface area contributed by atoms with E-state index in [4.69, 9.17) is 24.9 Å². The Morgan fingerprint density at radius 3 is 1.38 bits per heavy atom. The summed E-state index contributed by atoms with van der Waals surface area (Å²) in [6.07, 6.45) is 3.68. The Balaban J connectivity index is 1.15. The molecule has 0 N–H and O–H groups in total. The smallest absolute Gasteiger partial charge is 0.164 e. The molecule has 3 aromatic heterocycles. The lowest BCUT2D eigenvalue weighted by Gasteiger charge is -2.15. The van der Waals surface area contributed by atoms with Crippen LogP contribution < -0.4 is 0 Å². The third-order valence-corrected chi connectivity index (χ3v) is 10.2. The van der Waals surface area contributed by atoms with Crippen molar-refractivity contribution in [3.05, 3.63) is 188 Å². The van der Waals surface area contributed by atoms with Crippen molar-refractivity contribution in [2.24, 2.45) is 0 Å². The van der Waals surface area contributed by atoms with Gasteiger partial charge in [-0.2, -0.15) is 5.26 Å². The molecule has 0 bridgehead atoms. The zero-order valence-corrected chi connectivity index (χ0v) is 30.0. The van der Waals surface area contributed by atoms with E-state index in [1.54, 1.807) is 0 Å². The van der Waals surface area contributed by atoms with Gasteiger partial charge in [-0.3, -0.25) is 9.97 Å². The van der Waals surface area contributed by atoms with Crippen molar-refractivity contribution in [3.63, 3.8) is 0 Å². The van der Waals surface area contributed by atoms with Gasteiger partial charge in [0, 0.05) is 51.0 Å². The van der Waals surface area contributed by atoms with Gasteiger partial charge in [-0.05, 0) is 81.6 Å². The highest BCUT2D eigenvalue weighted by molar-refractivity contribution is 6.22. The van der Waals surface area contributed by atoms with Crippen LogP contribution in [-0.4, -0.2) is 24.9 Å². The predicted octanol–water partition coefficient (Wildman–Crippen LogP) is 12.0. The molecule has 7 aromatic carbocycles. The van der Waals surface area contributed by atoms with Gasteiger partial charge in [0.05, 0.1) is 22.7 Å². The van der Waals surface area contributed by atoms with E-state index < -0.39 is 0 Å². The lowest BCUT2D eigenvalue weighted by Crippen LogP contribution is -2.00. The minimum absolute atomic E-state index is 0.584. The summed E-state index contributed by atoms with van der Waals surface area (Å²) in [7, 11) is 0. The number of benzene rings is 7. The maximum atomic E-state index is 9.42. The Morgan fingerprint density at radius 1 is 0.339 bits per heavy atom. The zero-order chi connectivity index (χ0) is 37.4. The summed E-state index contributed by atoms with van der Waals surface area (Å²) >= 11 is 0. The fraction of sp³-hybridized carbons (Fsp3) is 0. The predicted molar refractivity (Wildman–Crippen MR) is 225 cm³/mol. The Hall–Kier alpha value is -7.88. The molecule has 56 heavy (non-hydrogen) atoms. The summed E-state index contributed by atoms with van der Waals surface area (Å²) in [4.78, 5) is 25.0. The van der Waals surface area contributed by atoms with E-state index in [1.165, 1.54) is 0 Å². The van der Waals surface area contributed by atoms with Crippen molar-refractivity contribution in [2.45, 2.75) is 0 Å². The van der Waals surface area contributed by atoms with Crippen LogP contribution in [0.4, 0.5) is 0 Å². The van der Waals surface area contributed by atoms with Crippen LogP contribution in [0.15, 0.2) is 182 Å². The van der Waals surface area contributed by atoms with Crippen molar-refractivity contribution in [2.75, 3.05) is 0 Å². The van der Waals surface area contributed by atoms with Gasteiger partial charge in [-0.1, -0.05) is 121 Å². The average Bonchev–Trinajstić information content (AvgIpc) is 3.29. The van der Waals surface area contributed by atoms with Gasteiger partial charge in [0.15, 0.2) is 17.5 Å². The largest absolute Gasteiger partial charge is 0.256 e. The highest BCUT2D eigenvalue weighted by Crippen LogP contribution is 2.41. The van der Waals surface area contributed by atoms with Crippen LogP contribution in [0.3, 0.4) is 0 Å². The number of rotatable bonds is 6. The van der Waals surface area contributed by atoms with E-state index in [0.717, 1.165) is 82.6 Å². The van der Waals surface area contributed by atoms with Gasteiger partial charge in [0.2, 0.25) is 0 Å². The Morgan fingerprint density at radius 2 is 0.804 bits per heavy atom. The quantitative estimate of drug-likeness (QED) is 0.159. The summed E-state index contributed by atoms with van der Waals surface area (Å²) in [6.45, 7) is 0. The van der Waals surface area contributed by atoms with Gasteiger partial charge in [0.1, 0.15) is 0 Å². The van der Waals surface area contributed by atoms with Crippen molar-refractivity contribution >= 4 is 32.6 Å². The minimum Gasteiger partial charge on any atom is -0.256 e. The summed E-state index contributed by atoms with van der Waals surface area (Å²) < 4.78 is 0. The number of pyridine rings is 2. The van der Waals surface area contributed by atoms with E-state index in [0.29, 0.717) is 23.0 Å². The number of hydrogen-bond acceptors (Lipinski definition) is 6. The minimum atomic E-state index is 0.584. The molecule has 10 aromatic rings. The molecule has 0 radical (unpaired) electrons. The van der Waals surface area contributed by atoms with Gasteiger partial charge in [-0.25, -0.2) is 15.0 Å². The maximum Gasteiger partial charge on any atom is 0.164 e. The van der Waals surface area contributed by atoms with Crippen molar-refractivity contribution in [3.8, 4) is 73.6 Å². The summed E-state index contributed by atoms with van der Waals surface area (Å²) in [5.74, 6) is 1.79. The van der Waals surface area contributed by atoms with Crippen LogP contribution in [0.5, 0.6) is 0 Å². The van der Waals surface area contributed by atoms with Crippen molar-refractivity contribution in [1.29, 1.82) is 5.26 Å². The molecule has 0 aliphatic carbocycles. The lowest BCUT2D eigenvalue weighted by molar-refractivity contribution is 1.07. The molecule has 0 unspecified atom stereocenters. The topological polar surface area (TPSA) is 88.2 Å². The molecule has 6 nitrogen and oxygen atoms in total. The van der Waals surface area contributed by atoms with Crippen LogP contribution >= 0.6 is 0 Å². The molecule has 0 amide bonds. The number of hydrogen-bond donors (Lipinski definition) is 0. The normalized spacial score (nSPS) is 11.2. The molecule has 6 heteroatoms. The van der Waals surface area contributed by atoms with Crippen LogP contribution in [0.25, 0.3) is 100 Å².